The first kappa shape index (κ1) is 24.8. The quantitative estimate of drug-likeness (QED) is 0.518. The van der Waals surface area contributed by atoms with Crippen LogP contribution in [-0.4, -0.2) is 63.4 Å². The van der Waals surface area contributed by atoms with Crippen molar-refractivity contribution in [3.63, 3.8) is 0 Å². The predicted molar refractivity (Wildman–Crippen MR) is 138 cm³/mol. The van der Waals surface area contributed by atoms with Crippen LogP contribution >= 0.6 is 11.6 Å². The minimum Gasteiger partial charge on any atom is -0.363 e. The molecular formula is C28H33ClF3N5O. The summed E-state index contributed by atoms with van der Waals surface area (Å²) in [6, 6.07) is 5.91. The van der Waals surface area contributed by atoms with E-state index in [9.17, 15) is 18.0 Å². The fourth-order valence-corrected chi connectivity index (χ4v) is 8.72. The van der Waals surface area contributed by atoms with E-state index in [0.717, 1.165) is 35.5 Å². The number of piperazine rings is 1. The van der Waals surface area contributed by atoms with Gasteiger partial charge < -0.3 is 10.2 Å². The number of anilines is 1. The molecule has 4 bridgehead atoms. The van der Waals surface area contributed by atoms with Gasteiger partial charge in [-0.2, -0.15) is 18.3 Å². The number of aromatic nitrogens is 2. The molecule has 1 aromatic carbocycles. The molecule has 8 rings (SSSR count). The summed E-state index contributed by atoms with van der Waals surface area (Å²) in [5.74, 6) is 2.52. The number of benzene rings is 1. The van der Waals surface area contributed by atoms with E-state index in [4.69, 9.17) is 11.6 Å². The zero-order chi connectivity index (χ0) is 26.2. The number of nitrogens with zero attached hydrogens (tertiary/aromatic N) is 4. The third-order valence-electron chi connectivity index (χ3n) is 9.92. The monoisotopic (exact) mass is 547 g/mol. The van der Waals surface area contributed by atoms with Crippen molar-refractivity contribution in [2.24, 2.45) is 17.8 Å². The van der Waals surface area contributed by atoms with Crippen LogP contribution < -0.4 is 5.32 Å². The summed E-state index contributed by atoms with van der Waals surface area (Å²) in [4.78, 5) is 17.8. The van der Waals surface area contributed by atoms with Gasteiger partial charge in [-0.3, -0.25) is 9.69 Å². The van der Waals surface area contributed by atoms with Gasteiger partial charge in [0, 0.05) is 49.2 Å². The van der Waals surface area contributed by atoms with Crippen LogP contribution in [0.3, 0.4) is 0 Å². The van der Waals surface area contributed by atoms with Gasteiger partial charge in [0.25, 0.3) is 5.91 Å². The van der Waals surface area contributed by atoms with Crippen LogP contribution in [0.5, 0.6) is 0 Å². The summed E-state index contributed by atoms with van der Waals surface area (Å²) in [5.41, 5.74) is 1.09. The number of amides is 1. The highest BCUT2D eigenvalue weighted by atomic mass is 35.5. The van der Waals surface area contributed by atoms with Crippen molar-refractivity contribution in [3.05, 3.63) is 46.6 Å². The van der Waals surface area contributed by atoms with Crippen molar-refractivity contribution >= 4 is 23.3 Å². The largest absolute Gasteiger partial charge is 0.410 e. The van der Waals surface area contributed by atoms with E-state index in [0.29, 0.717) is 29.2 Å². The van der Waals surface area contributed by atoms with Crippen LogP contribution in [-0.2, 0) is 0 Å². The first-order valence-corrected chi connectivity index (χ1v) is 14.3. The van der Waals surface area contributed by atoms with Crippen molar-refractivity contribution in [3.8, 4) is 0 Å². The molecule has 2 atom stereocenters. The lowest BCUT2D eigenvalue weighted by molar-refractivity contribution is -0.173. The third-order valence-corrected chi connectivity index (χ3v) is 10.2. The molecule has 3 heterocycles. The Balaban J connectivity index is 1.07. The third kappa shape index (κ3) is 4.21. The molecule has 4 aliphatic carbocycles. The lowest BCUT2D eigenvalue weighted by Crippen LogP contribution is -2.64. The average molecular weight is 548 g/mol. The maximum Gasteiger partial charge on any atom is 0.410 e. The first-order chi connectivity index (χ1) is 18.2. The Morgan fingerprint density at radius 1 is 0.947 bits per heavy atom. The normalized spacial score (nSPS) is 34.7. The molecule has 38 heavy (non-hydrogen) atoms. The summed E-state index contributed by atoms with van der Waals surface area (Å²) in [6.07, 6.45) is 3.37. The maximum absolute atomic E-state index is 14.1. The lowest BCUT2D eigenvalue weighted by Gasteiger charge is -2.61. The summed E-state index contributed by atoms with van der Waals surface area (Å²) in [6.45, 7) is 2.83. The zero-order valence-electron chi connectivity index (χ0n) is 21.3. The smallest absolute Gasteiger partial charge is 0.363 e. The number of hydrogen-bond donors (Lipinski definition) is 1. The molecule has 6 aliphatic rings. The minimum absolute atomic E-state index is 0.0711. The fourth-order valence-electron chi connectivity index (χ4n) is 8.59. The Labute approximate surface area is 225 Å². The summed E-state index contributed by atoms with van der Waals surface area (Å²) in [7, 11) is 0. The fraction of sp³-hybridized carbons (Fsp3) is 0.643. The first-order valence-electron chi connectivity index (χ1n) is 13.9. The summed E-state index contributed by atoms with van der Waals surface area (Å²) >= 11 is 5.97. The molecule has 0 spiro atoms. The molecule has 4 saturated carbocycles. The molecule has 5 fully saturated rings. The molecule has 6 nitrogen and oxygen atoms in total. The van der Waals surface area contributed by atoms with Gasteiger partial charge in [0.1, 0.15) is 5.82 Å². The van der Waals surface area contributed by atoms with E-state index in [1.165, 1.54) is 44.6 Å². The van der Waals surface area contributed by atoms with Crippen LogP contribution in [0.4, 0.5) is 19.0 Å². The molecule has 2 aromatic rings. The van der Waals surface area contributed by atoms with Gasteiger partial charge in [-0.15, -0.1) is 0 Å². The number of alkyl halides is 3. The van der Waals surface area contributed by atoms with Crippen LogP contribution in [0.15, 0.2) is 30.3 Å². The highest BCUT2D eigenvalue weighted by Crippen LogP contribution is 2.58. The molecule has 0 unspecified atom stereocenters. The molecule has 1 amide bonds. The topological polar surface area (TPSA) is 53.4 Å². The number of carbonyl (C=O) groups excluding carboxylic acids is 1. The van der Waals surface area contributed by atoms with Gasteiger partial charge in [-0.05, 0) is 74.0 Å². The van der Waals surface area contributed by atoms with E-state index in [-0.39, 0.29) is 23.8 Å². The molecule has 1 aromatic heterocycles. The van der Waals surface area contributed by atoms with Gasteiger partial charge in [0.05, 0.1) is 6.04 Å². The van der Waals surface area contributed by atoms with Gasteiger partial charge in [0.2, 0.25) is 0 Å². The Morgan fingerprint density at radius 3 is 2.13 bits per heavy atom. The van der Waals surface area contributed by atoms with Gasteiger partial charge in [-0.1, -0.05) is 23.7 Å². The Morgan fingerprint density at radius 2 is 1.55 bits per heavy atom. The van der Waals surface area contributed by atoms with E-state index in [1.54, 1.807) is 29.2 Å². The van der Waals surface area contributed by atoms with Crippen molar-refractivity contribution in [1.82, 2.24) is 19.6 Å². The number of halogens is 4. The van der Waals surface area contributed by atoms with Crippen molar-refractivity contribution < 1.29 is 18.0 Å². The molecule has 10 heteroatoms. The van der Waals surface area contributed by atoms with E-state index < -0.39 is 18.3 Å². The molecule has 1 saturated heterocycles. The lowest BCUT2D eigenvalue weighted by atomic mass is 9.52. The molecule has 204 valence electrons. The highest BCUT2D eigenvalue weighted by Gasteiger charge is 2.54. The number of hydrogen-bond acceptors (Lipinski definition) is 4. The molecule has 1 N–H and O–H groups in total. The van der Waals surface area contributed by atoms with Crippen LogP contribution in [0.1, 0.15) is 73.1 Å². The summed E-state index contributed by atoms with van der Waals surface area (Å²) in [5, 5.41) is 7.90. The number of fused-ring (bicyclic) bond motifs is 1. The second kappa shape index (κ2) is 8.88. The molecular weight excluding hydrogens is 515 g/mol. The summed E-state index contributed by atoms with van der Waals surface area (Å²) < 4.78 is 43.2. The van der Waals surface area contributed by atoms with E-state index >= 15 is 0 Å². The van der Waals surface area contributed by atoms with Gasteiger partial charge in [0.15, 0.2) is 11.7 Å². The second-order valence-corrected chi connectivity index (χ2v) is 12.8. The average Bonchev–Trinajstić information content (AvgIpc) is 3.31. The van der Waals surface area contributed by atoms with Gasteiger partial charge in [-0.25, -0.2) is 4.68 Å². The number of rotatable bonds is 3. The molecule has 0 radical (unpaired) electrons. The number of carbonyl (C=O) groups is 1. The van der Waals surface area contributed by atoms with Crippen LogP contribution in [0.25, 0.3) is 0 Å². The predicted octanol–water partition coefficient (Wildman–Crippen LogP) is 5.92. The van der Waals surface area contributed by atoms with E-state index in [1.807, 2.05) is 0 Å². The minimum atomic E-state index is -4.49. The van der Waals surface area contributed by atoms with Crippen LogP contribution in [0.2, 0.25) is 5.02 Å². The SMILES string of the molecule is O=C(c1cc2n(n1)[C@@H](C(F)(F)F)C[C@H](c1ccc(Cl)cc1)N2)N1CCN(C23CC4CC(CC(C4)C2)C3)CC1. The Hall–Kier alpha value is -2.26. The van der Waals surface area contributed by atoms with E-state index in [2.05, 4.69) is 15.3 Å². The van der Waals surface area contributed by atoms with Crippen molar-refractivity contribution in [2.45, 2.75) is 68.7 Å². The number of nitrogens with one attached hydrogen (secondary N) is 1. The highest BCUT2D eigenvalue weighted by molar-refractivity contribution is 6.30. The van der Waals surface area contributed by atoms with Gasteiger partial charge >= 0.3 is 6.18 Å². The maximum atomic E-state index is 14.1. The van der Waals surface area contributed by atoms with Crippen molar-refractivity contribution in [1.29, 1.82) is 0 Å². The Kier molecular flexibility index (Phi) is 5.78. The zero-order valence-corrected chi connectivity index (χ0v) is 22.0. The van der Waals surface area contributed by atoms with Crippen molar-refractivity contribution in [2.75, 3.05) is 31.5 Å². The standard InChI is InChI=1S/C28H33ClF3N5O/c29-21-3-1-20(2-4-21)22-12-24(28(30,31)32)37-25(33-22)13-23(34-37)26(38)35-5-7-36(8-6-35)27-14-17-9-18(15-27)11-19(10-17)16-27/h1-4,13,17-19,22,24,33H,5-12,14-16H2/t17?,18?,19?,22-,24-,27?/m1/s1. The Bertz CT molecular complexity index is 1180. The van der Waals surface area contributed by atoms with Crippen LogP contribution in [0, 0.1) is 17.8 Å². The second-order valence-electron chi connectivity index (χ2n) is 12.3. The molecule has 2 aliphatic heterocycles.